The van der Waals surface area contributed by atoms with Crippen molar-refractivity contribution in [2.24, 2.45) is 0 Å². The second-order valence-corrected chi connectivity index (χ2v) is 5.49. The lowest BCUT2D eigenvalue weighted by Crippen LogP contribution is -2.26. The van der Waals surface area contributed by atoms with Crippen molar-refractivity contribution in [2.45, 2.75) is 25.4 Å². The zero-order chi connectivity index (χ0) is 11.4. The molecule has 0 atom stereocenters. The van der Waals surface area contributed by atoms with E-state index in [4.69, 9.17) is 0 Å². The van der Waals surface area contributed by atoms with Crippen LogP contribution >= 0.6 is 11.3 Å². The van der Waals surface area contributed by atoms with Gasteiger partial charge in [-0.1, -0.05) is 6.58 Å². The predicted octanol–water partition coefficient (Wildman–Crippen LogP) is 2.49. The van der Waals surface area contributed by atoms with Crippen molar-refractivity contribution in [2.75, 3.05) is 20.1 Å². The maximum absolute atomic E-state index is 4.12. The van der Waals surface area contributed by atoms with Crippen LogP contribution in [-0.4, -0.2) is 31.1 Å². The third-order valence-corrected chi connectivity index (χ3v) is 3.48. The molecule has 1 fully saturated rings. The Hall–Kier alpha value is -0.640. The first-order valence-electron chi connectivity index (χ1n) is 5.83. The highest BCUT2D eigenvalue weighted by molar-refractivity contribution is 7.07. The number of nitrogens with one attached hydrogen (secondary N) is 1. The molecule has 1 aliphatic rings. The van der Waals surface area contributed by atoms with E-state index in [1.165, 1.54) is 24.0 Å². The fourth-order valence-electron chi connectivity index (χ4n) is 1.76. The van der Waals surface area contributed by atoms with E-state index in [2.05, 4.69) is 40.7 Å². The van der Waals surface area contributed by atoms with Crippen LogP contribution in [0.5, 0.6) is 0 Å². The van der Waals surface area contributed by atoms with Crippen molar-refractivity contribution in [1.29, 1.82) is 0 Å². The number of nitrogens with zero attached hydrogens (tertiary/aromatic N) is 1. The predicted molar refractivity (Wildman–Crippen MR) is 70.8 cm³/mol. The van der Waals surface area contributed by atoms with Crippen LogP contribution in [0.2, 0.25) is 0 Å². The fourth-order valence-corrected chi connectivity index (χ4v) is 2.42. The first-order valence-corrected chi connectivity index (χ1v) is 6.78. The lowest BCUT2D eigenvalue weighted by molar-refractivity contribution is 0.352. The summed E-state index contributed by atoms with van der Waals surface area (Å²) in [4.78, 5) is 2.32. The number of hydrogen-bond acceptors (Lipinski definition) is 3. The van der Waals surface area contributed by atoms with Crippen LogP contribution in [0.15, 0.2) is 29.0 Å². The van der Waals surface area contributed by atoms with Crippen molar-refractivity contribution in [3.63, 3.8) is 0 Å². The summed E-state index contributed by atoms with van der Waals surface area (Å²) >= 11 is 1.76. The molecule has 2 nitrogen and oxygen atoms in total. The van der Waals surface area contributed by atoms with E-state index in [1.54, 1.807) is 11.3 Å². The maximum atomic E-state index is 4.12. The molecule has 16 heavy (non-hydrogen) atoms. The van der Waals surface area contributed by atoms with Crippen molar-refractivity contribution < 1.29 is 0 Å². The average molecular weight is 236 g/mol. The fraction of sp³-hybridized carbons (Fsp3) is 0.538. The monoisotopic (exact) mass is 236 g/mol. The minimum atomic E-state index is 0.777. The molecule has 0 amide bonds. The molecule has 0 bridgehead atoms. The Balaban J connectivity index is 1.65. The normalized spacial score (nSPS) is 15.6. The van der Waals surface area contributed by atoms with Gasteiger partial charge in [-0.05, 0) is 47.9 Å². The van der Waals surface area contributed by atoms with Gasteiger partial charge in [0.05, 0.1) is 0 Å². The van der Waals surface area contributed by atoms with E-state index in [-0.39, 0.29) is 0 Å². The van der Waals surface area contributed by atoms with E-state index >= 15 is 0 Å². The number of likely N-dealkylation sites (N-methyl/N-ethyl adjacent to an activating group) is 1. The van der Waals surface area contributed by atoms with Gasteiger partial charge in [-0.3, -0.25) is 4.90 Å². The molecule has 1 saturated carbocycles. The lowest BCUT2D eigenvalue weighted by atomic mass is 10.2. The molecule has 0 aromatic carbocycles. The van der Waals surface area contributed by atoms with Crippen LogP contribution in [0.3, 0.4) is 0 Å². The first kappa shape index (κ1) is 11.8. The molecular formula is C13H20N2S. The molecule has 0 radical (unpaired) electrons. The SMILES string of the molecule is C=C(CNC1CC1)CN(C)Cc1ccsc1. The highest BCUT2D eigenvalue weighted by Gasteiger charge is 2.20. The Morgan fingerprint density at radius 2 is 2.44 bits per heavy atom. The summed E-state index contributed by atoms with van der Waals surface area (Å²) in [6.45, 7) is 7.09. The van der Waals surface area contributed by atoms with Crippen LogP contribution in [0.4, 0.5) is 0 Å². The quantitative estimate of drug-likeness (QED) is 0.732. The maximum Gasteiger partial charge on any atom is 0.0242 e. The molecule has 1 aromatic rings. The Labute approximate surface area is 102 Å². The molecule has 0 saturated heterocycles. The highest BCUT2D eigenvalue weighted by atomic mass is 32.1. The molecule has 1 aromatic heterocycles. The molecule has 0 spiro atoms. The molecule has 1 N–H and O–H groups in total. The molecule has 0 aliphatic heterocycles. The second-order valence-electron chi connectivity index (χ2n) is 4.71. The van der Waals surface area contributed by atoms with Gasteiger partial charge in [0.15, 0.2) is 0 Å². The molecule has 1 heterocycles. The summed E-state index contributed by atoms with van der Waals surface area (Å²) in [6.07, 6.45) is 2.69. The summed E-state index contributed by atoms with van der Waals surface area (Å²) in [6, 6.07) is 2.96. The van der Waals surface area contributed by atoms with Crippen LogP contribution in [0.1, 0.15) is 18.4 Å². The van der Waals surface area contributed by atoms with Gasteiger partial charge in [-0.25, -0.2) is 0 Å². The van der Waals surface area contributed by atoms with Crippen molar-refractivity contribution in [3.05, 3.63) is 34.5 Å². The Bertz CT molecular complexity index is 328. The third kappa shape index (κ3) is 4.08. The topological polar surface area (TPSA) is 15.3 Å². The second kappa shape index (κ2) is 5.62. The molecule has 2 rings (SSSR count). The van der Waals surface area contributed by atoms with Gasteiger partial charge < -0.3 is 5.32 Å². The molecule has 88 valence electrons. The van der Waals surface area contributed by atoms with E-state index in [0.29, 0.717) is 0 Å². The number of rotatable bonds is 7. The van der Waals surface area contributed by atoms with Gasteiger partial charge in [0.25, 0.3) is 0 Å². The van der Waals surface area contributed by atoms with Crippen molar-refractivity contribution >= 4 is 11.3 Å². The zero-order valence-corrected chi connectivity index (χ0v) is 10.7. The Kier molecular flexibility index (Phi) is 4.16. The van der Waals surface area contributed by atoms with Crippen LogP contribution in [-0.2, 0) is 6.54 Å². The average Bonchev–Trinajstić information content (AvgIpc) is 2.94. The van der Waals surface area contributed by atoms with Gasteiger partial charge in [-0.2, -0.15) is 11.3 Å². The first-order chi connectivity index (χ1) is 7.74. The molecule has 0 unspecified atom stereocenters. The summed E-state index contributed by atoms with van der Waals surface area (Å²) < 4.78 is 0. The van der Waals surface area contributed by atoms with E-state index in [9.17, 15) is 0 Å². The molecule has 3 heteroatoms. The number of thiophene rings is 1. The minimum absolute atomic E-state index is 0.777. The Morgan fingerprint density at radius 3 is 3.06 bits per heavy atom. The summed E-state index contributed by atoms with van der Waals surface area (Å²) in [5.74, 6) is 0. The summed E-state index contributed by atoms with van der Waals surface area (Å²) in [7, 11) is 2.15. The van der Waals surface area contributed by atoms with Gasteiger partial charge >= 0.3 is 0 Å². The zero-order valence-electron chi connectivity index (χ0n) is 9.91. The largest absolute Gasteiger partial charge is 0.310 e. The van der Waals surface area contributed by atoms with Crippen molar-refractivity contribution in [3.8, 4) is 0 Å². The standard InChI is InChI=1S/C13H20N2S/c1-11(7-14-13-3-4-13)8-15(2)9-12-5-6-16-10-12/h5-6,10,13-14H,1,3-4,7-9H2,2H3. The van der Waals surface area contributed by atoms with Gasteiger partial charge in [-0.15, -0.1) is 0 Å². The van der Waals surface area contributed by atoms with Gasteiger partial charge in [0.2, 0.25) is 0 Å². The van der Waals surface area contributed by atoms with Crippen LogP contribution in [0, 0.1) is 0 Å². The summed E-state index contributed by atoms with van der Waals surface area (Å²) in [5, 5.41) is 7.84. The van der Waals surface area contributed by atoms with Gasteiger partial charge in [0, 0.05) is 25.7 Å². The van der Waals surface area contributed by atoms with Crippen LogP contribution in [0.25, 0.3) is 0 Å². The highest BCUT2D eigenvalue weighted by Crippen LogP contribution is 2.18. The van der Waals surface area contributed by atoms with E-state index < -0.39 is 0 Å². The minimum Gasteiger partial charge on any atom is -0.310 e. The third-order valence-electron chi connectivity index (χ3n) is 2.74. The smallest absolute Gasteiger partial charge is 0.0242 e. The summed E-state index contributed by atoms with van der Waals surface area (Å²) in [5.41, 5.74) is 2.68. The van der Waals surface area contributed by atoms with E-state index in [1.807, 2.05) is 0 Å². The molecule has 1 aliphatic carbocycles. The molecular weight excluding hydrogens is 216 g/mol. The lowest BCUT2D eigenvalue weighted by Gasteiger charge is -2.17. The van der Waals surface area contributed by atoms with Crippen LogP contribution < -0.4 is 5.32 Å². The Morgan fingerprint density at radius 1 is 1.62 bits per heavy atom. The van der Waals surface area contributed by atoms with Crippen molar-refractivity contribution in [1.82, 2.24) is 10.2 Å². The van der Waals surface area contributed by atoms with Gasteiger partial charge in [0.1, 0.15) is 0 Å². The van der Waals surface area contributed by atoms with E-state index in [0.717, 1.165) is 25.7 Å². The number of hydrogen-bond donors (Lipinski definition) is 1.